The number of aliphatic hydroxyl groups is 5. The molecule has 2 rings (SSSR count). The van der Waals surface area contributed by atoms with Crippen molar-refractivity contribution in [3.05, 3.63) is 36.0 Å². The topological polar surface area (TPSA) is 175 Å². The molecule has 2 saturated heterocycles. The van der Waals surface area contributed by atoms with Gasteiger partial charge in [-0.1, -0.05) is 30.7 Å². The van der Waals surface area contributed by atoms with Crippen molar-refractivity contribution in [1.29, 1.82) is 0 Å². The Hall–Kier alpha value is -2.12. The van der Waals surface area contributed by atoms with Crippen LogP contribution in [0.15, 0.2) is 36.0 Å². The van der Waals surface area contributed by atoms with Crippen LogP contribution in [0.1, 0.15) is 54.4 Å². The molecule has 2 aliphatic heterocycles. The maximum atomic E-state index is 12.3. The lowest BCUT2D eigenvalue weighted by atomic mass is 9.80. The minimum absolute atomic E-state index is 0.0899. The molecule has 2 heterocycles. The summed E-state index contributed by atoms with van der Waals surface area (Å²) >= 11 is 0. The Labute approximate surface area is 223 Å². The monoisotopic (exact) mass is 541 g/mol. The first-order valence-corrected chi connectivity index (χ1v) is 12.9. The Morgan fingerprint density at radius 2 is 1.84 bits per heavy atom. The van der Waals surface area contributed by atoms with Gasteiger partial charge in [0.15, 0.2) is 5.79 Å². The average Bonchev–Trinajstić information content (AvgIpc) is 2.83. The number of carbonyl (C=O) groups is 2. The molecule has 0 bridgehead atoms. The van der Waals surface area contributed by atoms with E-state index in [1.165, 1.54) is 25.2 Å². The van der Waals surface area contributed by atoms with Gasteiger partial charge in [-0.05, 0) is 52.5 Å². The highest BCUT2D eigenvalue weighted by Crippen LogP contribution is 2.35. The van der Waals surface area contributed by atoms with E-state index < -0.39 is 48.4 Å². The fraction of sp³-hybridized carbons (Fsp3) is 0.704. The zero-order chi connectivity index (χ0) is 28.8. The van der Waals surface area contributed by atoms with Gasteiger partial charge >= 0.3 is 5.97 Å². The van der Waals surface area contributed by atoms with Gasteiger partial charge in [-0.3, -0.25) is 9.59 Å². The third kappa shape index (κ3) is 8.19. The largest absolute Gasteiger partial charge is 0.459 e. The standard InChI is InChI=1S/C27H43NO10/c1-15(8-11-22-24(32)27(35,14-29)25(33)26(6,34)38-22)7-10-21-16(2)13-20(18(4)37-21)28-23(31)12-9-17(3)36-19(5)30/h7-9,11-12,16-18,20-22,24-25,29,32-35H,10,13-14H2,1-6H3,(H,28,31). The Kier molecular flexibility index (Phi) is 11.2. The summed E-state index contributed by atoms with van der Waals surface area (Å²) in [7, 11) is 0. The number of esters is 1. The lowest BCUT2D eigenvalue weighted by Crippen LogP contribution is -2.71. The first-order chi connectivity index (χ1) is 17.6. The molecule has 0 saturated carbocycles. The van der Waals surface area contributed by atoms with Crippen molar-refractivity contribution in [2.75, 3.05) is 6.61 Å². The summed E-state index contributed by atoms with van der Waals surface area (Å²) in [5.41, 5.74) is -1.54. The second kappa shape index (κ2) is 13.3. The van der Waals surface area contributed by atoms with Crippen molar-refractivity contribution in [3.63, 3.8) is 0 Å². The quantitative estimate of drug-likeness (QED) is 0.135. The number of aliphatic hydroxyl groups excluding tert-OH is 3. The average molecular weight is 542 g/mol. The first-order valence-electron chi connectivity index (χ1n) is 12.9. The summed E-state index contributed by atoms with van der Waals surface area (Å²) < 4.78 is 16.5. The molecule has 2 fully saturated rings. The lowest BCUT2D eigenvalue weighted by Gasteiger charge is -2.49. The molecule has 0 aromatic carbocycles. The fourth-order valence-corrected chi connectivity index (χ4v) is 4.72. The van der Waals surface area contributed by atoms with Crippen molar-refractivity contribution in [3.8, 4) is 0 Å². The van der Waals surface area contributed by atoms with Crippen LogP contribution in [0.2, 0.25) is 0 Å². The van der Waals surface area contributed by atoms with Crippen LogP contribution in [0.4, 0.5) is 0 Å². The van der Waals surface area contributed by atoms with Gasteiger partial charge in [0.25, 0.3) is 0 Å². The molecule has 0 aromatic heterocycles. The van der Waals surface area contributed by atoms with Crippen LogP contribution in [-0.2, 0) is 23.8 Å². The van der Waals surface area contributed by atoms with E-state index >= 15 is 0 Å². The number of ether oxygens (including phenoxy) is 3. The lowest BCUT2D eigenvalue weighted by molar-refractivity contribution is -0.362. The maximum absolute atomic E-state index is 12.3. The molecule has 0 spiro atoms. The van der Waals surface area contributed by atoms with Gasteiger partial charge in [-0.2, -0.15) is 0 Å². The molecule has 0 aliphatic carbocycles. The third-order valence-corrected chi connectivity index (χ3v) is 7.07. The number of hydrogen-bond donors (Lipinski definition) is 6. The van der Waals surface area contributed by atoms with Crippen LogP contribution in [0, 0.1) is 5.92 Å². The summed E-state index contributed by atoms with van der Waals surface area (Å²) in [5, 5.41) is 53.7. The molecular weight excluding hydrogens is 498 g/mol. The fourth-order valence-electron chi connectivity index (χ4n) is 4.72. The van der Waals surface area contributed by atoms with E-state index in [4.69, 9.17) is 14.2 Å². The maximum Gasteiger partial charge on any atom is 0.303 e. The summed E-state index contributed by atoms with van der Waals surface area (Å²) in [4.78, 5) is 23.3. The van der Waals surface area contributed by atoms with Gasteiger partial charge in [0.1, 0.15) is 30.0 Å². The van der Waals surface area contributed by atoms with Crippen LogP contribution >= 0.6 is 0 Å². The Balaban J connectivity index is 1.93. The number of carbonyl (C=O) groups excluding carboxylic acids is 2. The van der Waals surface area contributed by atoms with Crippen molar-refractivity contribution in [1.82, 2.24) is 5.32 Å². The summed E-state index contributed by atoms with van der Waals surface area (Å²) in [5.74, 6) is -2.73. The van der Waals surface area contributed by atoms with Gasteiger partial charge in [-0.15, -0.1) is 0 Å². The number of hydrogen-bond acceptors (Lipinski definition) is 10. The van der Waals surface area contributed by atoms with E-state index in [1.807, 2.05) is 26.8 Å². The van der Waals surface area contributed by atoms with Crippen LogP contribution < -0.4 is 5.32 Å². The van der Waals surface area contributed by atoms with Crippen LogP contribution in [0.5, 0.6) is 0 Å². The zero-order valence-electron chi connectivity index (χ0n) is 22.9. The molecule has 216 valence electrons. The van der Waals surface area contributed by atoms with Gasteiger partial charge in [0.05, 0.1) is 24.9 Å². The Bertz CT molecular complexity index is 916. The molecule has 0 aromatic rings. The zero-order valence-corrected chi connectivity index (χ0v) is 22.9. The molecule has 2 aliphatic rings. The van der Waals surface area contributed by atoms with Gasteiger partial charge in [-0.25, -0.2) is 0 Å². The predicted molar refractivity (Wildman–Crippen MR) is 137 cm³/mol. The van der Waals surface area contributed by atoms with E-state index in [0.717, 1.165) is 12.5 Å². The molecule has 38 heavy (non-hydrogen) atoms. The first kappa shape index (κ1) is 32.1. The second-order valence-electron chi connectivity index (χ2n) is 10.6. The summed E-state index contributed by atoms with van der Waals surface area (Å²) in [6.07, 6.45) is 3.67. The molecule has 0 radical (unpaired) electrons. The highest BCUT2D eigenvalue weighted by molar-refractivity contribution is 5.87. The number of rotatable bonds is 9. The van der Waals surface area contributed by atoms with E-state index in [1.54, 1.807) is 13.0 Å². The van der Waals surface area contributed by atoms with E-state index in [9.17, 15) is 35.1 Å². The van der Waals surface area contributed by atoms with Gasteiger partial charge < -0.3 is 45.1 Å². The predicted octanol–water partition coefficient (Wildman–Crippen LogP) is 0.238. The number of allylic oxidation sites excluding steroid dienone is 2. The number of nitrogens with one attached hydrogen (secondary N) is 1. The Morgan fingerprint density at radius 1 is 1.18 bits per heavy atom. The van der Waals surface area contributed by atoms with Crippen LogP contribution in [-0.4, -0.2) is 98.1 Å². The molecule has 10 unspecified atom stereocenters. The highest BCUT2D eigenvalue weighted by Gasteiger charge is 2.58. The Morgan fingerprint density at radius 3 is 2.45 bits per heavy atom. The van der Waals surface area contributed by atoms with Gasteiger partial charge in [0, 0.05) is 13.0 Å². The highest BCUT2D eigenvalue weighted by atomic mass is 16.7. The third-order valence-electron chi connectivity index (χ3n) is 7.07. The molecular formula is C27H43NO10. The molecule has 11 nitrogen and oxygen atoms in total. The minimum Gasteiger partial charge on any atom is -0.459 e. The van der Waals surface area contributed by atoms with Crippen molar-refractivity contribution in [2.24, 2.45) is 5.92 Å². The van der Waals surface area contributed by atoms with E-state index in [0.29, 0.717) is 12.8 Å². The van der Waals surface area contributed by atoms with Crippen molar-refractivity contribution in [2.45, 2.75) is 108 Å². The number of amides is 1. The normalized spacial score (nSPS) is 39.3. The van der Waals surface area contributed by atoms with Crippen molar-refractivity contribution >= 4 is 11.9 Å². The van der Waals surface area contributed by atoms with E-state index in [-0.39, 0.29) is 30.1 Å². The molecule has 10 atom stereocenters. The SMILES string of the molecule is CC(=O)OC(C)C=CC(=O)NC1CC(C)C(CC=C(C)C=CC2OC(C)(O)C(O)C(O)(CO)C2O)OC1C. The van der Waals surface area contributed by atoms with E-state index in [2.05, 4.69) is 5.32 Å². The minimum atomic E-state index is -2.35. The van der Waals surface area contributed by atoms with Crippen molar-refractivity contribution < 1.29 is 49.3 Å². The summed E-state index contributed by atoms with van der Waals surface area (Å²) in [6.45, 7) is 8.93. The van der Waals surface area contributed by atoms with Crippen LogP contribution in [0.3, 0.4) is 0 Å². The summed E-state index contributed by atoms with van der Waals surface area (Å²) in [6, 6.07) is -0.175. The second-order valence-corrected chi connectivity index (χ2v) is 10.6. The molecule has 6 N–H and O–H groups in total. The molecule has 1 amide bonds. The van der Waals surface area contributed by atoms with Crippen LogP contribution in [0.25, 0.3) is 0 Å². The van der Waals surface area contributed by atoms with Gasteiger partial charge in [0.2, 0.25) is 5.91 Å². The molecule has 11 heteroatoms. The smallest absolute Gasteiger partial charge is 0.303 e.